The highest BCUT2D eigenvalue weighted by Crippen LogP contribution is 2.25. The number of rotatable bonds is 39. The summed E-state index contributed by atoms with van der Waals surface area (Å²) in [6.07, 6.45) is 3.79. The topological polar surface area (TPSA) is 530 Å². The summed E-state index contributed by atoms with van der Waals surface area (Å²) in [4.78, 5) is 205. The summed E-state index contributed by atoms with van der Waals surface area (Å²) in [6.45, 7) is 7.51. The van der Waals surface area contributed by atoms with E-state index in [1.165, 1.54) is 36.4 Å². The van der Waals surface area contributed by atoms with Gasteiger partial charge in [-0.05, 0) is 131 Å². The molecule has 0 spiro atoms. The van der Waals surface area contributed by atoms with Crippen molar-refractivity contribution < 1.29 is 92.3 Å². The number of likely N-dealkylation sites (tertiary alicyclic amines) is 2. The second-order valence-electron chi connectivity index (χ2n) is 26.3. The molecule has 566 valence electrons. The van der Waals surface area contributed by atoms with Gasteiger partial charge in [-0.25, -0.2) is 0 Å². The lowest BCUT2D eigenvalue weighted by Crippen LogP contribution is -2.66. The van der Waals surface area contributed by atoms with Crippen LogP contribution >= 0.6 is 0 Å². The van der Waals surface area contributed by atoms with Crippen LogP contribution in [0, 0.1) is 11.8 Å². The molecule has 2 fully saturated rings. The fourth-order valence-electron chi connectivity index (χ4n) is 11.9. The van der Waals surface area contributed by atoms with E-state index >= 15 is 4.79 Å². The van der Waals surface area contributed by atoms with Crippen LogP contribution in [0.2, 0.25) is 0 Å². The van der Waals surface area contributed by atoms with Crippen LogP contribution in [0.5, 0.6) is 0 Å². The Balaban J connectivity index is 1.43. The molecule has 0 bridgehead atoms. The Morgan fingerprint density at radius 1 is 0.538 bits per heavy atom. The molecule has 0 radical (unpaired) electrons. The molecular formula is C71H98N14O19. The first-order valence-electron chi connectivity index (χ1n) is 34.6. The number of aryl methyl sites for hydroxylation is 3. The van der Waals surface area contributed by atoms with E-state index in [1.54, 1.807) is 26.0 Å². The third-order valence-electron chi connectivity index (χ3n) is 17.9. The second kappa shape index (κ2) is 40.7. The predicted molar refractivity (Wildman–Crippen MR) is 376 cm³/mol. The number of amides is 12. The Labute approximate surface area is 601 Å². The molecule has 0 aliphatic carbocycles. The van der Waals surface area contributed by atoms with Crippen LogP contribution in [0.15, 0.2) is 85.1 Å². The summed E-state index contributed by atoms with van der Waals surface area (Å²) in [5.74, 6) is -19.4. The number of hydrogen-bond acceptors (Lipinski definition) is 18. The number of aliphatic hydroxyl groups excluding tert-OH is 1. The van der Waals surface area contributed by atoms with Gasteiger partial charge in [-0.3, -0.25) is 71.9 Å². The molecular weight excluding hydrogens is 1350 g/mol. The van der Waals surface area contributed by atoms with Gasteiger partial charge in [-0.2, -0.15) is 0 Å². The van der Waals surface area contributed by atoms with Crippen molar-refractivity contribution in [2.24, 2.45) is 29.0 Å². The van der Waals surface area contributed by atoms with Crippen LogP contribution in [0.1, 0.15) is 133 Å². The minimum Gasteiger partial charge on any atom is -0.516 e. The number of carboxylic acid groups (broad SMARTS) is 3. The fraction of sp³-hybridized carbons (Fsp3) is 0.507. The number of nitrogens with two attached hydrogens (primary N) is 3. The Kier molecular flexibility index (Phi) is 32.8. The number of unbranched alkanes of at least 4 members (excludes halogenated alkanes) is 1. The number of primary amides is 1. The first kappa shape index (κ1) is 83.8. The normalized spacial score (nSPS) is 17.2. The molecule has 0 saturated carbocycles. The first-order valence-corrected chi connectivity index (χ1v) is 34.6. The standard InChI is InChI=1S/C71H98N14O19/c1-7-8-12-42-17-23-45(24-18-42)46-25-19-43(20-26-46)15-16-44-21-27-47(28-22-44)62(94)78-49(34-53(74)87)64(96)83-61(41(6)76-65(97)52-14-11-31-85(52)69(101)58(38(2)3)81-68(100)60(40(5)73)80-54(88)36-72)70(102)84-30-10-9-13-51(84)66(98)82-59(39(4)71(103)104)67(99)79-50(35-57(92)93)63(95)75-37-55(89)77-48(29-32-86)33-56(90)91/h17-29,32,38-41,48-52,58-61,86H,7-16,30-31,33-37,72-73H2,1-6H3,(H2,74,87)(H,75,95)(H,76,97)(H,77,89)(H,78,94)(H,79,99)(H,80,88)(H,81,100)(H,82,98)(H,83,96)(H,90,91)(H,92,93)(H,103,104)/b32-29-/t39?,40?,41-,48?,49+,50+,51-,52+,58+,59+,60-,61?/m1/s1. The third kappa shape index (κ3) is 25.3. The molecule has 104 heavy (non-hydrogen) atoms. The Hall–Kier alpha value is -10.8. The zero-order valence-electron chi connectivity index (χ0n) is 59.1. The Bertz CT molecular complexity index is 3590. The van der Waals surface area contributed by atoms with Gasteiger partial charge in [-0.15, -0.1) is 0 Å². The number of carboxylic acids is 3. The number of hydrogen-bond donors (Lipinski definition) is 16. The first-order chi connectivity index (χ1) is 49.3. The summed E-state index contributed by atoms with van der Waals surface area (Å²) in [5.41, 5.74) is 22.6. The molecule has 3 aromatic carbocycles. The van der Waals surface area contributed by atoms with Crippen LogP contribution in [0.25, 0.3) is 11.1 Å². The van der Waals surface area contributed by atoms with Crippen LogP contribution < -0.4 is 65.1 Å². The summed E-state index contributed by atoms with van der Waals surface area (Å²) >= 11 is 0. The highest BCUT2D eigenvalue weighted by Gasteiger charge is 2.45. The number of carbonyl (C=O) groups is 15. The summed E-state index contributed by atoms with van der Waals surface area (Å²) in [5, 5.41) is 59.7. The minimum absolute atomic E-state index is 0.00426. The van der Waals surface area contributed by atoms with E-state index in [4.69, 9.17) is 27.4 Å². The molecule has 12 amide bonds. The van der Waals surface area contributed by atoms with Gasteiger partial charge in [0.05, 0.1) is 56.6 Å². The van der Waals surface area contributed by atoms with Crippen LogP contribution in [0.3, 0.4) is 0 Å². The van der Waals surface area contributed by atoms with Crippen molar-refractivity contribution in [1.82, 2.24) is 57.7 Å². The van der Waals surface area contributed by atoms with E-state index in [0.717, 1.165) is 59.4 Å². The maximum atomic E-state index is 15.4. The number of aliphatic carboxylic acids is 3. The van der Waals surface area contributed by atoms with Crippen molar-refractivity contribution in [3.8, 4) is 11.1 Å². The molecule has 0 aromatic heterocycles. The molecule has 2 aliphatic heterocycles. The maximum Gasteiger partial charge on any atom is 0.308 e. The Morgan fingerprint density at radius 3 is 1.57 bits per heavy atom. The average Bonchev–Trinajstić information content (AvgIpc) is 1.28. The molecule has 4 unspecified atom stereocenters. The predicted octanol–water partition coefficient (Wildman–Crippen LogP) is -0.939. The molecule has 33 nitrogen and oxygen atoms in total. The second-order valence-corrected chi connectivity index (χ2v) is 26.3. The van der Waals surface area contributed by atoms with E-state index in [-0.39, 0.29) is 50.8 Å². The third-order valence-corrected chi connectivity index (χ3v) is 17.9. The van der Waals surface area contributed by atoms with Crippen LogP contribution in [0.4, 0.5) is 0 Å². The van der Waals surface area contributed by atoms with E-state index in [9.17, 15) is 77.3 Å². The number of nitrogens with one attached hydrogen (secondary N) is 9. The van der Waals surface area contributed by atoms with Gasteiger partial charge in [0, 0.05) is 24.7 Å². The maximum absolute atomic E-state index is 15.4. The van der Waals surface area contributed by atoms with Crippen molar-refractivity contribution >= 4 is 88.8 Å². The van der Waals surface area contributed by atoms with Gasteiger partial charge in [0.1, 0.15) is 48.3 Å². The van der Waals surface area contributed by atoms with Crippen LogP contribution in [-0.4, -0.2) is 212 Å². The molecule has 33 heteroatoms. The van der Waals surface area contributed by atoms with E-state index < -0.39 is 199 Å². The molecule has 19 N–H and O–H groups in total. The average molecular weight is 1450 g/mol. The fourth-order valence-corrected chi connectivity index (χ4v) is 11.9. The quantitative estimate of drug-likeness (QED) is 0.0307. The molecule has 3 aromatic rings. The highest BCUT2D eigenvalue weighted by molar-refractivity contribution is 6.02. The molecule has 5 rings (SSSR count). The molecule has 2 saturated heterocycles. The molecule has 2 aliphatic rings. The lowest BCUT2D eigenvalue weighted by molar-refractivity contribution is -0.149. The van der Waals surface area contributed by atoms with Crippen LogP contribution in [-0.2, 0) is 86.4 Å². The summed E-state index contributed by atoms with van der Waals surface area (Å²) in [7, 11) is 0. The van der Waals surface area contributed by atoms with Crippen molar-refractivity contribution in [1.29, 1.82) is 0 Å². The van der Waals surface area contributed by atoms with Gasteiger partial charge in [0.25, 0.3) is 5.91 Å². The lowest BCUT2D eigenvalue weighted by atomic mass is 9.96. The highest BCUT2D eigenvalue weighted by atomic mass is 16.4. The Morgan fingerprint density at radius 2 is 1.05 bits per heavy atom. The number of aliphatic hydroxyl groups is 1. The number of nitrogens with zero attached hydrogens (tertiary/aromatic N) is 2. The zero-order valence-corrected chi connectivity index (χ0v) is 59.1. The SMILES string of the molecule is CCCCc1ccc(-c2ccc(CCc3ccc(C(=O)N[C@@H](CC(N)=O)C(=O)NC(C(=O)N4CCCC[C@@H]4C(=O)N[C@H](C(=O)N[C@@H](CC(=O)O)C(=O)NCC(=O)NC(/C=C\O)CC(=O)O)C(C)C(=O)O)[C@@H](C)NC(=O)[C@@H]4CCCN4C(=O)[C@@H](NC(=O)[C@H](NC(=O)CN)C(C)N)C(C)C)cc3)cc2)cc1. The van der Waals surface area contributed by atoms with E-state index in [1.807, 2.05) is 0 Å². The summed E-state index contributed by atoms with van der Waals surface area (Å²) in [6, 6.07) is 6.12. The van der Waals surface area contributed by atoms with Gasteiger partial charge in [-0.1, -0.05) is 87.9 Å². The van der Waals surface area contributed by atoms with Gasteiger partial charge < -0.3 is 95.3 Å². The lowest BCUT2D eigenvalue weighted by Gasteiger charge is -2.39. The number of benzene rings is 3. The smallest absolute Gasteiger partial charge is 0.308 e. The number of carbonyl (C=O) groups excluding carboxylic acids is 12. The van der Waals surface area contributed by atoms with E-state index in [0.29, 0.717) is 19.1 Å². The zero-order chi connectivity index (χ0) is 77.1. The van der Waals surface area contributed by atoms with E-state index in [2.05, 4.69) is 103 Å². The van der Waals surface area contributed by atoms with Gasteiger partial charge in [0.2, 0.25) is 65.0 Å². The minimum atomic E-state index is -2.13. The van der Waals surface area contributed by atoms with Gasteiger partial charge >= 0.3 is 17.9 Å². The van der Waals surface area contributed by atoms with Crippen molar-refractivity contribution in [2.45, 2.75) is 191 Å². The molecule has 12 atom stereocenters. The largest absolute Gasteiger partial charge is 0.516 e. The van der Waals surface area contributed by atoms with Gasteiger partial charge in [0.15, 0.2) is 0 Å². The monoisotopic (exact) mass is 1450 g/mol. The number of piperidine rings is 1. The molecule has 2 heterocycles. The van der Waals surface area contributed by atoms with Crippen molar-refractivity contribution in [3.05, 3.63) is 107 Å². The summed E-state index contributed by atoms with van der Waals surface area (Å²) < 4.78 is 0. The van der Waals surface area contributed by atoms with Crippen molar-refractivity contribution in [3.63, 3.8) is 0 Å². The van der Waals surface area contributed by atoms with Crippen molar-refractivity contribution in [2.75, 3.05) is 26.2 Å².